The van der Waals surface area contributed by atoms with Crippen LogP contribution >= 0.6 is 22.9 Å². The molecule has 2 N–H and O–H groups in total. The number of hydrogen-bond donors (Lipinski definition) is 1. The normalized spacial score (nSPS) is 23.9. The van der Waals surface area contributed by atoms with Gasteiger partial charge < -0.3 is 24.8 Å². The molecule has 1 saturated heterocycles. The lowest BCUT2D eigenvalue weighted by molar-refractivity contribution is -0.144. The third-order valence-corrected chi connectivity index (χ3v) is 9.75. The van der Waals surface area contributed by atoms with Crippen molar-refractivity contribution in [2.45, 2.75) is 50.1 Å². The molecule has 41 heavy (non-hydrogen) atoms. The number of carbonyl (C=O) groups excluding carboxylic acids is 3. The van der Waals surface area contributed by atoms with E-state index in [2.05, 4.69) is 0 Å². The Morgan fingerprint density at radius 1 is 0.976 bits per heavy atom. The maximum absolute atomic E-state index is 14.5. The van der Waals surface area contributed by atoms with Crippen molar-refractivity contribution in [2.24, 2.45) is 17.6 Å². The van der Waals surface area contributed by atoms with E-state index in [4.69, 9.17) is 31.5 Å². The number of rotatable bonds is 7. The second-order valence-electron chi connectivity index (χ2n) is 10.8. The van der Waals surface area contributed by atoms with Crippen molar-refractivity contribution in [1.29, 1.82) is 0 Å². The predicted molar refractivity (Wildman–Crippen MR) is 155 cm³/mol. The number of carbonyl (C=O) groups is 3. The summed E-state index contributed by atoms with van der Waals surface area (Å²) >= 11 is 7.44. The van der Waals surface area contributed by atoms with Crippen LogP contribution in [0.2, 0.25) is 4.34 Å². The number of Topliss-reactive ketones (excluding diaryl/α,β-unsaturated/α-hetero) is 1. The van der Waals surface area contributed by atoms with Crippen molar-refractivity contribution >= 4 is 40.5 Å². The standard InChI is InChI=1S/C31H31ClN2O6S/c1-38-20-9-5-8-18(14-20)25-26(29(35)23-12-13-24(32)41-23)27(19-10-11-21-22(15-19)40-16-39-21)34(28(25)30(33)36)31(37)17-6-3-2-4-7-17/h5,8-15,17,25-28H,2-4,6-7,16H2,1H3,(H2,33,36). The Bertz CT molecular complexity index is 1480. The first-order valence-electron chi connectivity index (χ1n) is 13.8. The number of halogens is 1. The summed E-state index contributed by atoms with van der Waals surface area (Å²) in [5.74, 6) is -1.13. The van der Waals surface area contributed by atoms with Crippen LogP contribution < -0.4 is 19.9 Å². The molecule has 214 valence electrons. The second kappa shape index (κ2) is 11.4. The van der Waals surface area contributed by atoms with E-state index in [1.165, 1.54) is 11.3 Å². The van der Waals surface area contributed by atoms with Gasteiger partial charge in [0.05, 0.1) is 28.3 Å². The minimum atomic E-state index is -1.06. The highest BCUT2D eigenvalue weighted by molar-refractivity contribution is 7.18. The van der Waals surface area contributed by atoms with Crippen LogP contribution in [0.4, 0.5) is 0 Å². The van der Waals surface area contributed by atoms with E-state index < -0.39 is 29.8 Å². The van der Waals surface area contributed by atoms with Gasteiger partial charge >= 0.3 is 0 Å². The lowest BCUT2D eigenvalue weighted by Crippen LogP contribution is -2.49. The van der Waals surface area contributed by atoms with Gasteiger partial charge in [0, 0.05) is 11.8 Å². The summed E-state index contributed by atoms with van der Waals surface area (Å²) in [4.78, 5) is 44.4. The molecule has 0 spiro atoms. The zero-order valence-corrected chi connectivity index (χ0v) is 24.2. The Balaban J connectivity index is 1.57. The summed E-state index contributed by atoms with van der Waals surface area (Å²) in [6.07, 6.45) is 4.42. The molecule has 1 aliphatic carbocycles. The highest BCUT2D eigenvalue weighted by atomic mass is 35.5. The quantitative estimate of drug-likeness (QED) is 0.350. The number of ketones is 1. The van der Waals surface area contributed by atoms with Crippen molar-refractivity contribution in [2.75, 3.05) is 13.9 Å². The topological polar surface area (TPSA) is 108 Å². The monoisotopic (exact) mass is 594 g/mol. The molecule has 1 aromatic heterocycles. The van der Waals surface area contributed by atoms with Crippen LogP contribution in [0.5, 0.6) is 17.2 Å². The molecule has 3 aliphatic rings. The van der Waals surface area contributed by atoms with E-state index in [-0.39, 0.29) is 24.4 Å². The van der Waals surface area contributed by atoms with Gasteiger partial charge in [-0.15, -0.1) is 11.3 Å². The molecule has 3 aromatic rings. The van der Waals surface area contributed by atoms with Crippen molar-refractivity contribution in [3.8, 4) is 17.2 Å². The predicted octanol–water partition coefficient (Wildman–Crippen LogP) is 5.74. The fourth-order valence-corrected chi connectivity index (χ4v) is 7.71. The number of amides is 2. The smallest absolute Gasteiger partial charge is 0.240 e. The molecular weight excluding hydrogens is 564 g/mol. The van der Waals surface area contributed by atoms with Gasteiger partial charge in [0.2, 0.25) is 18.6 Å². The fourth-order valence-electron chi connectivity index (χ4n) is 6.68. The first kappa shape index (κ1) is 27.6. The van der Waals surface area contributed by atoms with Crippen LogP contribution in [0.3, 0.4) is 0 Å². The minimum absolute atomic E-state index is 0.0839. The number of benzene rings is 2. The maximum atomic E-state index is 14.5. The van der Waals surface area contributed by atoms with Gasteiger partial charge in [0.25, 0.3) is 0 Å². The molecule has 8 nitrogen and oxygen atoms in total. The van der Waals surface area contributed by atoms with Crippen molar-refractivity contribution in [1.82, 2.24) is 4.90 Å². The number of likely N-dealkylation sites (tertiary alicyclic amines) is 1. The third-order valence-electron chi connectivity index (χ3n) is 8.50. The van der Waals surface area contributed by atoms with Crippen LogP contribution in [0, 0.1) is 11.8 Å². The number of ether oxygens (including phenoxy) is 3. The largest absolute Gasteiger partial charge is 0.497 e. The van der Waals surface area contributed by atoms with Gasteiger partial charge in [-0.2, -0.15) is 0 Å². The average molecular weight is 595 g/mol. The minimum Gasteiger partial charge on any atom is -0.497 e. The van der Waals surface area contributed by atoms with Gasteiger partial charge in [-0.05, 0) is 60.4 Å². The van der Waals surface area contributed by atoms with E-state index in [1.807, 2.05) is 30.3 Å². The number of methoxy groups -OCH3 is 1. The zero-order chi connectivity index (χ0) is 28.7. The molecule has 2 amide bonds. The van der Waals surface area contributed by atoms with E-state index in [0.717, 1.165) is 32.1 Å². The van der Waals surface area contributed by atoms with Gasteiger partial charge in [-0.25, -0.2) is 0 Å². The Morgan fingerprint density at radius 2 is 1.76 bits per heavy atom. The molecule has 4 unspecified atom stereocenters. The molecule has 4 atom stereocenters. The highest BCUT2D eigenvalue weighted by Gasteiger charge is 2.58. The van der Waals surface area contributed by atoms with E-state index in [0.29, 0.717) is 37.6 Å². The van der Waals surface area contributed by atoms with Gasteiger partial charge in [0.15, 0.2) is 17.3 Å². The van der Waals surface area contributed by atoms with Gasteiger partial charge in [-0.3, -0.25) is 14.4 Å². The van der Waals surface area contributed by atoms with E-state index in [1.54, 1.807) is 36.3 Å². The lowest BCUT2D eigenvalue weighted by atomic mass is 9.77. The summed E-state index contributed by atoms with van der Waals surface area (Å²) in [5, 5.41) is 0. The molecule has 0 radical (unpaired) electrons. The number of nitrogens with two attached hydrogens (primary N) is 1. The molecule has 3 heterocycles. The SMILES string of the molecule is COc1cccc(C2C(C(=O)c3ccc(Cl)s3)C(c3ccc4c(c3)OCO4)N(C(=O)C3CCCCC3)C2C(N)=O)c1. The van der Waals surface area contributed by atoms with Gasteiger partial charge in [-0.1, -0.05) is 49.1 Å². The number of nitrogens with zero attached hydrogens (tertiary/aromatic N) is 1. The van der Waals surface area contributed by atoms with E-state index >= 15 is 0 Å². The Labute approximate surface area is 247 Å². The van der Waals surface area contributed by atoms with Crippen molar-refractivity contribution in [3.05, 3.63) is 74.9 Å². The summed E-state index contributed by atoms with van der Waals surface area (Å²) in [6, 6.07) is 14.3. The first-order chi connectivity index (χ1) is 19.9. The van der Waals surface area contributed by atoms with Crippen LogP contribution in [0.1, 0.15) is 64.9 Å². The summed E-state index contributed by atoms with van der Waals surface area (Å²) in [6.45, 7) is 0.0839. The van der Waals surface area contributed by atoms with E-state index in [9.17, 15) is 14.4 Å². The number of primary amides is 1. The fraction of sp³-hybridized carbons (Fsp3) is 0.387. The van der Waals surface area contributed by atoms with Crippen LogP contribution in [0.25, 0.3) is 0 Å². The number of fused-ring (bicyclic) bond motifs is 1. The van der Waals surface area contributed by atoms with Crippen LogP contribution in [0.15, 0.2) is 54.6 Å². The van der Waals surface area contributed by atoms with Crippen molar-refractivity contribution in [3.63, 3.8) is 0 Å². The Kier molecular flexibility index (Phi) is 7.66. The molecule has 10 heteroatoms. The zero-order valence-electron chi connectivity index (χ0n) is 22.6. The van der Waals surface area contributed by atoms with Gasteiger partial charge in [0.1, 0.15) is 11.8 Å². The lowest BCUT2D eigenvalue weighted by Gasteiger charge is -2.35. The molecule has 6 rings (SSSR count). The first-order valence-corrected chi connectivity index (χ1v) is 15.0. The molecule has 2 fully saturated rings. The van der Waals surface area contributed by atoms with Crippen LogP contribution in [-0.2, 0) is 9.59 Å². The third kappa shape index (κ3) is 5.06. The molecule has 1 saturated carbocycles. The molecule has 2 aliphatic heterocycles. The molecule has 0 bridgehead atoms. The number of thiophene rings is 1. The Morgan fingerprint density at radius 3 is 2.46 bits per heavy atom. The van der Waals surface area contributed by atoms with Crippen LogP contribution in [-0.4, -0.2) is 42.4 Å². The second-order valence-corrected chi connectivity index (χ2v) is 12.5. The highest BCUT2D eigenvalue weighted by Crippen LogP contribution is 2.54. The summed E-state index contributed by atoms with van der Waals surface area (Å²) in [7, 11) is 1.56. The average Bonchev–Trinajstić information content (AvgIpc) is 3.73. The summed E-state index contributed by atoms with van der Waals surface area (Å²) in [5.41, 5.74) is 7.52. The summed E-state index contributed by atoms with van der Waals surface area (Å²) < 4.78 is 17.2. The molecule has 2 aromatic carbocycles. The number of hydrogen-bond acceptors (Lipinski definition) is 7. The maximum Gasteiger partial charge on any atom is 0.240 e. The Hall–Kier alpha value is -3.56. The molecular formula is C31H31ClN2O6S. The van der Waals surface area contributed by atoms with Crippen molar-refractivity contribution < 1.29 is 28.6 Å².